The summed E-state index contributed by atoms with van der Waals surface area (Å²) in [6.07, 6.45) is 4.12. The van der Waals surface area contributed by atoms with Crippen molar-refractivity contribution in [3.63, 3.8) is 0 Å². The highest BCUT2D eigenvalue weighted by Gasteiger charge is 2.15. The fraction of sp³-hybridized carbons (Fsp3) is 0.500. The Bertz CT molecular complexity index is 466. The molecule has 0 radical (unpaired) electrons. The van der Waals surface area contributed by atoms with E-state index in [0.717, 1.165) is 6.42 Å². The smallest absolute Gasteiger partial charge is 0.303 e. The van der Waals surface area contributed by atoms with E-state index in [-0.39, 0.29) is 12.3 Å². The van der Waals surface area contributed by atoms with Gasteiger partial charge in [0, 0.05) is 19.2 Å². The van der Waals surface area contributed by atoms with E-state index in [0.29, 0.717) is 23.7 Å². The maximum atomic E-state index is 10.8. The standard InChI is InChI=1S/C14H19N3O2/c1-10(2)5-11(6-14(18)19)8-17-13-9-16-4-3-12(13)7-15/h3-4,9-11,17H,5-6,8H2,1-2H3,(H,18,19). The van der Waals surface area contributed by atoms with Crippen molar-refractivity contribution in [2.24, 2.45) is 11.8 Å². The van der Waals surface area contributed by atoms with E-state index in [2.05, 4.69) is 30.2 Å². The maximum Gasteiger partial charge on any atom is 0.303 e. The van der Waals surface area contributed by atoms with Crippen molar-refractivity contribution >= 4 is 11.7 Å². The summed E-state index contributed by atoms with van der Waals surface area (Å²) in [5.41, 5.74) is 1.18. The number of hydrogen-bond acceptors (Lipinski definition) is 4. The van der Waals surface area contributed by atoms with Crippen LogP contribution in [0.1, 0.15) is 32.3 Å². The summed E-state index contributed by atoms with van der Waals surface area (Å²) < 4.78 is 0. The zero-order valence-electron chi connectivity index (χ0n) is 11.3. The molecule has 0 aliphatic carbocycles. The molecule has 2 N–H and O–H groups in total. The molecule has 5 nitrogen and oxygen atoms in total. The predicted molar refractivity (Wildman–Crippen MR) is 72.6 cm³/mol. The molecule has 0 amide bonds. The topological polar surface area (TPSA) is 86.0 Å². The fourth-order valence-corrected chi connectivity index (χ4v) is 2.04. The highest BCUT2D eigenvalue weighted by Crippen LogP contribution is 2.18. The molecule has 0 saturated carbocycles. The third-order valence-electron chi connectivity index (χ3n) is 2.79. The minimum Gasteiger partial charge on any atom is -0.481 e. The average molecular weight is 261 g/mol. The van der Waals surface area contributed by atoms with Crippen LogP contribution in [0.15, 0.2) is 18.5 Å². The van der Waals surface area contributed by atoms with Crippen LogP contribution in [0.2, 0.25) is 0 Å². The lowest BCUT2D eigenvalue weighted by atomic mass is 9.94. The summed E-state index contributed by atoms with van der Waals surface area (Å²) in [7, 11) is 0. The number of aromatic nitrogens is 1. The van der Waals surface area contributed by atoms with Crippen molar-refractivity contribution in [2.45, 2.75) is 26.7 Å². The van der Waals surface area contributed by atoms with Gasteiger partial charge in [0.15, 0.2) is 0 Å². The molecule has 0 aliphatic rings. The van der Waals surface area contributed by atoms with Crippen LogP contribution in [0.25, 0.3) is 0 Å². The molecule has 1 rings (SSSR count). The number of nitrogens with zero attached hydrogens (tertiary/aromatic N) is 2. The third kappa shape index (κ3) is 5.38. The van der Waals surface area contributed by atoms with Crippen LogP contribution < -0.4 is 5.32 Å². The minimum atomic E-state index is -0.792. The lowest BCUT2D eigenvalue weighted by molar-refractivity contribution is -0.138. The van der Waals surface area contributed by atoms with Crippen LogP contribution in [-0.2, 0) is 4.79 Å². The van der Waals surface area contributed by atoms with Crippen LogP contribution in [0.3, 0.4) is 0 Å². The Labute approximate surface area is 113 Å². The summed E-state index contributed by atoms with van der Waals surface area (Å²) in [5.74, 6) is -0.307. The van der Waals surface area contributed by atoms with E-state index in [9.17, 15) is 4.79 Å². The van der Waals surface area contributed by atoms with Crippen LogP contribution in [-0.4, -0.2) is 22.6 Å². The summed E-state index contributed by atoms with van der Waals surface area (Å²) in [4.78, 5) is 14.8. The zero-order chi connectivity index (χ0) is 14.3. The number of anilines is 1. The molecule has 5 heteroatoms. The highest BCUT2D eigenvalue weighted by atomic mass is 16.4. The highest BCUT2D eigenvalue weighted by molar-refractivity contribution is 5.67. The number of aliphatic carboxylic acids is 1. The summed E-state index contributed by atoms with van der Waals surface area (Å²) in [5, 5.41) is 21.0. The molecular formula is C14H19N3O2. The van der Waals surface area contributed by atoms with Crippen molar-refractivity contribution in [3.8, 4) is 6.07 Å². The van der Waals surface area contributed by atoms with Gasteiger partial charge in [-0.2, -0.15) is 5.26 Å². The number of carbonyl (C=O) groups is 1. The van der Waals surface area contributed by atoms with E-state index in [1.807, 2.05) is 0 Å². The molecule has 1 unspecified atom stereocenters. The van der Waals surface area contributed by atoms with E-state index < -0.39 is 5.97 Å². The van der Waals surface area contributed by atoms with E-state index in [1.165, 1.54) is 0 Å². The first-order valence-electron chi connectivity index (χ1n) is 6.32. The molecule has 1 atom stereocenters. The Balaban J connectivity index is 2.65. The number of carboxylic acid groups (broad SMARTS) is 1. The van der Waals surface area contributed by atoms with Crippen LogP contribution in [0, 0.1) is 23.2 Å². The van der Waals surface area contributed by atoms with Crippen molar-refractivity contribution in [1.29, 1.82) is 5.26 Å². The van der Waals surface area contributed by atoms with Crippen LogP contribution >= 0.6 is 0 Å². The van der Waals surface area contributed by atoms with Gasteiger partial charge in [-0.05, 0) is 24.3 Å². The first-order valence-corrected chi connectivity index (χ1v) is 6.32. The predicted octanol–water partition coefficient (Wildman–Crippen LogP) is 2.50. The first-order chi connectivity index (χ1) is 9.02. The van der Waals surface area contributed by atoms with Gasteiger partial charge in [-0.25, -0.2) is 0 Å². The van der Waals surface area contributed by atoms with Crippen molar-refractivity contribution < 1.29 is 9.90 Å². The number of rotatable bonds is 7. The van der Waals surface area contributed by atoms with Crippen molar-refractivity contribution in [2.75, 3.05) is 11.9 Å². The number of pyridine rings is 1. The van der Waals surface area contributed by atoms with Gasteiger partial charge in [-0.3, -0.25) is 9.78 Å². The summed E-state index contributed by atoms with van der Waals surface area (Å²) >= 11 is 0. The Morgan fingerprint density at radius 1 is 1.58 bits per heavy atom. The second-order valence-electron chi connectivity index (χ2n) is 5.01. The van der Waals surface area contributed by atoms with Gasteiger partial charge < -0.3 is 10.4 Å². The Kier molecular flexibility index (Phi) is 5.80. The molecule has 1 aromatic heterocycles. The summed E-state index contributed by atoms with van der Waals surface area (Å²) in [6, 6.07) is 3.72. The number of hydrogen-bond donors (Lipinski definition) is 2. The Hall–Kier alpha value is -2.09. The monoisotopic (exact) mass is 261 g/mol. The SMILES string of the molecule is CC(C)CC(CNc1cnccc1C#N)CC(=O)O. The number of nitrogens with one attached hydrogen (secondary N) is 1. The maximum absolute atomic E-state index is 10.8. The van der Waals surface area contributed by atoms with Gasteiger partial charge in [0.25, 0.3) is 0 Å². The van der Waals surface area contributed by atoms with Crippen LogP contribution in [0.5, 0.6) is 0 Å². The lowest BCUT2D eigenvalue weighted by Gasteiger charge is -2.18. The van der Waals surface area contributed by atoms with Gasteiger partial charge in [0.2, 0.25) is 0 Å². The lowest BCUT2D eigenvalue weighted by Crippen LogP contribution is -2.20. The molecule has 19 heavy (non-hydrogen) atoms. The number of nitriles is 1. The molecule has 1 aromatic rings. The Morgan fingerprint density at radius 3 is 2.89 bits per heavy atom. The molecule has 0 aliphatic heterocycles. The Morgan fingerprint density at radius 2 is 2.32 bits per heavy atom. The van der Waals surface area contributed by atoms with Gasteiger partial charge in [-0.15, -0.1) is 0 Å². The first kappa shape index (κ1) is 15.0. The molecule has 102 valence electrons. The fourth-order valence-electron chi connectivity index (χ4n) is 2.04. The normalized spacial score (nSPS) is 11.9. The minimum absolute atomic E-state index is 0.0456. The molecule has 0 aromatic carbocycles. The molecule has 0 bridgehead atoms. The molecule has 0 spiro atoms. The van der Waals surface area contributed by atoms with E-state index in [1.54, 1.807) is 18.5 Å². The second kappa shape index (κ2) is 7.37. The van der Waals surface area contributed by atoms with Gasteiger partial charge in [0.1, 0.15) is 6.07 Å². The molecule has 1 heterocycles. The van der Waals surface area contributed by atoms with Crippen molar-refractivity contribution in [1.82, 2.24) is 4.98 Å². The van der Waals surface area contributed by atoms with Gasteiger partial charge >= 0.3 is 5.97 Å². The van der Waals surface area contributed by atoms with E-state index in [4.69, 9.17) is 10.4 Å². The molecule has 0 fully saturated rings. The third-order valence-corrected chi connectivity index (χ3v) is 2.79. The van der Waals surface area contributed by atoms with Gasteiger partial charge in [-0.1, -0.05) is 13.8 Å². The van der Waals surface area contributed by atoms with Gasteiger partial charge in [0.05, 0.1) is 17.4 Å². The zero-order valence-corrected chi connectivity index (χ0v) is 11.3. The average Bonchev–Trinajstić information content (AvgIpc) is 2.35. The molecular weight excluding hydrogens is 242 g/mol. The number of carboxylic acids is 1. The van der Waals surface area contributed by atoms with Crippen molar-refractivity contribution in [3.05, 3.63) is 24.0 Å². The van der Waals surface area contributed by atoms with E-state index >= 15 is 0 Å². The quantitative estimate of drug-likeness (QED) is 0.787. The molecule has 0 saturated heterocycles. The second-order valence-corrected chi connectivity index (χ2v) is 5.01. The summed E-state index contributed by atoms with van der Waals surface area (Å²) in [6.45, 7) is 4.67. The largest absolute Gasteiger partial charge is 0.481 e. The van der Waals surface area contributed by atoms with Crippen LogP contribution in [0.4, 0.5) is 5.69 Å².